The lowest BCUT2D eigenvalue weighted by atomic mass is 9.94. The molecular formula is C25H18FNO4. The molecule has 0 bridgehead atoms. The predicted octanol–water partition coefficient (Wildman–Crippen LogP) is 4.65. The third-order valence-electron chi connectivity index (χ3n) is 5.24. The summed E-state index contributed by atoms with van der Waals surface area (Å²) in [7, 11) is 0. The van der Waals surface area contributed by atoms with Gasteiger partial charge < -0.3 is 5.11 Å². The fraction of sp³-hybridized carbons (Fsp3) is 0.0800. The number of rotatable bonds is 4. The number of carbonyl (C=O) groups is 3. The second-order valence-corrected chi connectivity index (χ2v) is 7.16. The molecule has 3 aromatic rings. The smallest absolute Gasteiger partial charge is 0.300 e. The van der Waals surface area contributed by atoms with E-state index in [-0.39, 0.29) is 22.7 Å². The van der Waals surface area contributed by atoms with Crippen molar-refractivity contribution in [1.29, 1.82) is 0 Å². The molecule has 0 radical (unpaired) electrons. The van der Waals surface area contributed by atoms with Gasteiger partial charge in [0.2, 0.25) is 0 Å². The highest BCUT2D eigenvalue weighted by molar-refractivity contribution is 6.51. The Morgan fingerprint density at radius 2 is 1.48 bits per heavy atom. The minimum absolute atomic E-state index is 0.0785. The highest BCUT2D eigenvalue weighted by Gasteiger charge is 2.47. The summed E-state index contributed by atoms with van der Waals surface area (Å²) in [5, 5.41) is 10.9. The fourth-order valence-electron chi connectivity index (χ4n) is 3.70. The maximum atomic E-state index is 14.8. The molecule has 1 aliphatic rings. The van der Waals surface area contributed by atoms with Crippen LogP contribution in [0, 0.1) is 5.82 Å². The molecule has 6 heteroatoms. The molecule has 0 spiro atoms. The molecule has 1 heterocycles. The van der Waals surface area contributed by atoms with Crippen LogP contribution in [0.1, 0.15) is 34.5 Å². The number of anilines is 1. The SMILES string of the molecule is CC(=O)c1ccc(N2C(=O)C(=O)C(=C(O)c3ccccc3)[C@H]2c2ccccc2F)cc1. The van der Waals surface area contributed by atoms with Gasteiger partial charge in [-0.2, -0.15) is 0 Å². The minimum Gasteiger partial charge on any atom is -0.507 e. The Hall–Kier alpha value is -4.06. The molecule has 1 amide bonds. The van der Waals surface area contributed by atoms with E-state index in [2.05, 4.69) is 0 Å². The zero-order valence-electron chi connectivity index (χ0n) is 16.6. The second kappa shape index (κ2) is 7.99. The molecule has 31 heavy (non-hydrogen) atoms. The van der Waals surface area contributed by atoms with Crippen LogP contribution in [0.3, 0.4) is 0 Å². The van der Waals surface area contributed by atoms with Gasteiger partial charge in [-0.05, 0) is 37.3 Å². The Kier molecular flexibility index (Phi) is 5.21. The van der Waals surface area contributed by atoms with Crippen LogP contribution in [0.2, 0.25) is 0 Å². The zero-order valence-corrected chi connectivity index (χ0v) is 16.6. The van der Waals surface area contributed by atoms with E-state index < -0.39 is 23.5 Å². The zero-order chi connectivity index (χ0) is 22.1. The number of aliphatic hydroxyl groups excluding tert-OH is 1. The van der Waals surface area contributed by atoms with Crippen molar-refractivity contribution in [2.75, 3.05) is 4.90 Å². The van der Waals surface area contributed by atoms with Crippen molar-refractivity contribution in [1.82, 2.24) is 0 Å². The topological polar surface area (TPSA) is 74.7 Å². The molecule has 0 saturated carbocycles. The number of aliphatic hydroxyl groups is 1. The van der Waals surface area contributed by atoms with Crippen molar-refractivity contribution >= 4 is 28.9 Å². The van der Waals surface area contributed by atoms with Crippen molar-refractivity contribution in [3.8, 4) is 0 Å². The summed E-state index contributed by atoms with van der Waals surface area (Å²) < 4.78 is 14.8. The van der Waals surface area contributed by atoms with E-state index in [1.807, 2.05) is 0 Å². The van der Waals surface area contributed by atoms with E-state index in [9.17, 15) is 23.9 Å². The molecule has 154 valence electrons. The lowest BCUT2D eigenvalue weighted by Gasteiger charge is -2.25. The third kappa shape index (κ3) is 3.53. The summed E-state index contributed by atoms with van der Waals surface area (Å²) in [5.74, 6) is -2.94. The molecule has 3 aromatic carbocycles. The van der Waals surface area contributed by atoms with Crippen LogP contribution in [-0.4, -0.2) is 22.6 Å². The number of hydrogen-bond donors (Lipinski definition) is 1. The van der Waals surface area contributed by atoms with Gasteiger partial charge in [-0.25, -0.2) is 4.39 Å². The number of hydrogen-bond acceptors (Lipinski definition) is 4. The van der Waals surface area contributed by atoms with Gasteiger partial charge >= 0.3 is 0 Å². The van der Waals surface area contributed by atoms with Crippen LogP contribution in [0.5, 0.6) is 0 Å². The van der Waals surface area contributed by atoms with Crippen molar-refractivity contribution in [2.45, 2.75) is 13.0 Å². The molecular weight excluding hydrogens is 397 g/mol. The molecule has 0 aromatic heterocycles. The fourth-order valence-corrected chi connectivity index (χ4v) is 3.70. The highest BCUT2D eigenvalue weighted by Crippen LogP contribution is 2.42. The first kappa shape index (κ1) is 20.2. The molecule has 0 aliphatic carbocycles. The van der Waals surface area contributed by atoms with Crippen molar-refractivity contribution in [3.05, 3.63) is 107 Å². The first-order valence-corrected chi connectivity index (χ1v) is 9.62. The Morgan fingerprint density at radius 3 is 2.10 bits per heavy atom. The largest absolute Gasteiger partial charge is 0.507 e. The normalized spacial score (nSPS) is 17.7. The standard InChI is InChI=1S/C25H18FNO4/c1-15(28)16-11-13-18(14-12-16)27-22(19-9-5-6-10-20(19)26)21(24(30)25(27)31)23(29)17-7-3-2-4-8-17/h2-14,22,29H,1H3/t22-/m1/s1. The van der Waals surface area contributed by atoms with Gasteiger partial charge in [-0.1, -0.05) is 48.5 Å². The third-order valence-corrected chi connectivity index (χ3v) is 5.24. The molecule has 1 N–H and O–H groups in total. The van der Waals surface area contributed by atoms with Crippen LogP contribution in [0.25, 0.3) is 5.76 Å². The number of carbonyl (C=O) groups excluding carboxylic acids is 3. The van der Waals surface area contributed by atoms with Crippen LogP contribution in [0.4, 0.5) is 10.1 Å². The lowest BCUT2D eigenvalue weighted by Crippen LogP contribution is -2.29. The van der Waals surface area contributed by atoms with Crippen molar-refractivity contribution < 1.29 is 23.9 Å². The maximum absolute atomic E-state index is 14.8. The monoisotopic (exact) mass is 415 g/mol. The lowest BCUT2D eigenvalue weighted by molar-refractivity contribution is -0.132. The average Bonchev–Trinajstić information content (AvgIpc) is 3.04. The molecule has 1 aliphatic heterocycles. The van der Waals surface area contributed by atoms with Gasteiger partial charge in [0.1, 0.15) is 11.6 Å². The second-order valence-electron chi connectivity index (χ2n) is 7.16. The summed E-state index contributed by atoms with van der Waals surface area (Å²) >= 11 is 0. The van der Waals surface area contributed by atoms with Gasteiger partial charge in [0, 0.05) is 22.4 Å². The van der Waals surface area contributed by atoms with Crippen LogP contribution >= 0.6 is 0 Å². The van der Waals surface area contributed by atoms with Crippen LogP contribution in [0.15, 0.2) is 84.4 Å². The summed E-state index contributed by atoms with van der Waals surface area (Å²) in [5.41, 5.74) is 0.972. The molecule has 5 nitrogen and oxygen atoms in total. The van der Waals surface area contributed by atoms with E-state index in [1.165, 1.54) is 49.4 Å². The average molecular weight is 415 g/mol. The summed E-state index contributed by atoms with van der Waals surface area (Å²) in [6, 6.07) is 19.1. The molecule has 1 fully saturated rings. The first-order chi connectivity index (χ1) is 14.9. The minimum atomic E-state index is -1.16. The van der Waals surface area contributed by atoms with E-state index in [1.54, 1.807) is 36.4 Å². The van der Waals surface area contributed by atoms with Gasteiger partial charge in [0.15, 0.2) is 5.78 Å². The number of halogens is 1. The van der Waals surface area contributed by atoms with Crippen molar-refractivity contribution in [3.63, 3.8) is 0 Å². The summed E-state index contributed by atoms with van der Waals surface area (Å²) in [6.45, 7) is 1.42. The Labute approximate surface area is 178 Å². The van der Waals surface area contributed by atoms with Gasteiger partial charge in [0.05, 0.1) is 11.6 Å². The highest BCUT2D eigenvalue weighted by atomic mass is 19.1. The summed E-state index contributed by atoms with van der Waals surface area (Å²) in [6.07, 6.45) is 0. The Balaban J connectivity index is 1.94. The van der Waals surface area contributed by atoms with Crippen LogP contribution in [-0.2, 0) is 9.59 Å². The van der Waals surface area contributed by atoms with Gasteiger partial charge in [0.25, 0.3) is 11.7 Å². The number of benzene rings is 3. The first-order valence-electron chi connectivity index (χ1n) is 9.62. The number of amides is 1. The van der Waals surface area contributed by atoms with Gasteiger partial charge in [-0.15, -0.1) is 0 Å². The Morgan fingerprint density at radius 1 is 0.871 bits per heavy atom. The predicted molar refractivity (Wildman–Crippen MR) is 114 cm³/mol. The number of ketones is 2. The van der Waals surface area contributed by atoms with E-state index in [0.717, 1.165) is 4.90 Å². The Bertz CT molecular complexity index is 1220. The van der Waals surface area contributed by atoms with Crippen molar-refractivity contribution in [2.24, 2.45) is 0 Å². The molecule has 1 atom stereocenters. The molecule has 4 rings (SSSR count). The van der Waals surface area contributed by atoms with Gasteiger partial charge in [-0.3, -0.25) is 19.3 Å². The van der Waals surface area contributed by atoms with E-state index >= 15 is 0 Å². The molecule has 0 unspecified atom stereocenters. The molecule has 1 saturated heterocycles. The quantitative estimate of drug-likeness (QED) is 0.291. The van der Waals surface area contributed by atoms with Crippen LogP contribution < -0.4 is 4.90 Å². The summed E-state index contributed by atoms with van der Waals surface area (Å²) in [4.78, 5) is 38.7. The number of Topliss-reactive ketones (excluding diaryl/α,β-unsaturated/α-hetero) is 2. The van der Waals surface area contributed by atoms with E-state index in [0.29, 0.717) is 16.8 Å². The number of nitrogens with zero attached hydrogens (tertiary/aromatic N) is 1. The van der Waals surface area contributed by atoms with E-state index in [4.69, 9.17) is 0 Å². The maximum Gasteiger partial charge on any atom is 0.300 e.